The average Bonchev–Trinajstić information content (AvgIpc) is 3.00. The van der Waals surface area contributed by atoms with Gasteiger partial charge in [-0.25, -0.2) is 0 Å². The molecule has 124 valence electrons. The summed E-state index contributed by atoms with van der Waals surface area (Å²) in [4.78, 5) is 17.5. The third-order valence-corrected chi connectivity index (χ3v) is 4.11. The number of furan rings is 1. The molecule has 0 fully saturated rings. The Hall–Kier alpha value is -2.62. The van der Waals surface area contributed by atoms with Gasteiger partial charge in [0, 0.05) is 11.1 Å². The van der Waals surface area contributed by atoms with Gasteiger partial charge in [0.25, 0.3) is 5.91 Å². The van der Waals surface area contributed by atoms with E-state index < -0.39 is 0 Å². The first kappa shape index (κ1) is 16.2. The minimum atomic E-state index is -0.194. The maximum absolute atomic E-state index is 12.8. The van der Waals surface area contributed by atoms with Crippen LogP contribution in [0.5, 0.6) is 0 Å². The number of aryl methyl sites for hydroxylation is 1. The Labute approximate surface area is 141 Å². The molecule has 4 nitrogen and oxygen atoms in total. The molecule has 0 saturated carbocycles. The van der Waals surface area contributed by atoms with E-state index in [1.165, 1.54) is 0 Å². The molecule has 0 radical (unpaired) electrons. The van der Waals surface area contributed by atoms with Crippen LogP contribution in [0.1, 0.15) is 60.3 Å². The van der Waals surface area contributed by atoms with Crippen molar-refractivity contribution >= 4 is 16.8 Å². The second-order valence-electron chi connectivity index (χ2n) is 6.41. The number of nitrogens with zero attached hydrogens (tertiary/aromatic N) is 1. The summed E-state index contributed by atoms with van der Waals surface area (Å²) in [5.41, 5.74) is 2.41. The smallest absolute Gasteiger partial charge is 0.252 e. The van der Waals surface area contributed by atoms with Crippen LogP contribution < -0.4 is 5.32 Å². The number of para-hydroxylation sites is 1. The van der Waals surface area contributed by atoms with Crippen molar-refractivity contribution in [1.82, 2.24) is 10.3 Å². The number of nitrogens with one attached hydrogen (secondary N) is 1. The molecule has 0 aliphatic rings. The van der Waals surface area contributed by atoms with E-state index in [0.29, 0.717) is 5.56 Å². The molecule has 2 heterocycles. The van der Waals surface area contributed by atoms with Crippen molar-refractivity contribution in [2.75, 3.05) is 0 Å². The van der Waals surface area contributed by atoms with Gasteiger partial charge in [-0.1, -0.05) is 32.0 Å². The van der Waals surface area contributed by atoms with Gasteiger partial charge in [-0.15, -0.1) is 0 Å². The summed E-state index contributed by atoms with van der Waals surface area (Å²) in [6.45, 7) is 7.96. The van der Waals surface area contributed by atoms with E-state index in [9.17, 15) is 4.79 Å². The second kappa shape index (κ2) is 6.48. The van der Waals surface area contributed by atoms with Crippen LogP contribution in [0.25, 0.3) is 10.9 Å². The fourth-order valence-corrected chi connectivity index (χ4v) is 2.71. The van der Waals surface area contributed by atoms with Crippen LogP contribution in [-0.2, 0) is 0 Å². The van der Waals surface area contributed by atoms with Crippen molar-refractivity contribution in [1.29, 1.82) is 0 Å². The molecule has 0 aliphatic heterocycles. The molecule has 0 spiro atoms. The van der Waals surface area contributed by atoms with Crippen LogP contribution in [0.3, 0.4) is 0 Å². The van der Waals surface area contributed by atoms with Crippen LogP contribution in [0, 0.1) is 6.92 Å². The zero-order valence-corrected chi connectivity index (χ0v) is 14.5. The van der Waals surface area contributed by atoms with Crippen LogP contribution in [-0.4, -0.2) is 10.9 Å². The van der Waals surface area contributed by atoms with Crippen molar-refractivity contribution in [3.63, 3.8) is 0 Å². The Morgan fingerprint density at radius 2 is 1.88 bits per heavy atom. The van der Waals surface area contributed by atoms with Crippen LogP contribution in [0.15, 0.2) is 46.9 Å². The number of rotatable bonds is 4. The lowest BCUT2D eigenvalue weighted by molar-refractivity contribution is 0.0936. The first-order valence-electron chi connectivity index (χ1n) is 8.22. The van der Waals surface area contributed by atoms with Crippen molar-refractivity contribution in [2.45, 2.75) is 39.7 Å². The quantitative estimate of drug-likeness (QED) is 0.754. The average molecular weight is 322 g/mol. The standard InChI is InChI=1S/C20H22N2O2/c1-12(2)18-11-16(15-7-5-6-8-17(15)22-18)20(23)21-14(4)19-10-9-13(3)24-19/h5-12,14H,1-4H3,(H,21,23). The monoisotopic (exact) mass is 322 g/mol. The van der Waals surface area contributed by atoms with Crippen molar-refractivity contribution in [3.05, 3.63) is 65.2 Å². The molecule has 3 rings (SSSR count). The number of carbonyl (C=O) groups is 1. The molecule has 0 bridgehead atoms. The fraction of sp³-hybridized carbons (Fsp3) is 0.300. The van der Waals surface area contributed by atoms with Crippen LogP contribution in [0.2, 0.25) is 0 Å². The van der Waals surface area contributed by atoms with Gasteiger partial charge in [-0.2, -0.15) is 0 Å². The third kappa shape index (κ3) is 3.18. The molecule has 2 aromatic heterocycles. The Morgan fingerprint density at radius 3 is 2.54 bits per heavy atom. The number of hydrogen-bond donors (Lipinski definition) is 1. The lowest BCUT2D eigenvalue weighted by Crippen LogP contribution is -2.27. The van der Waals surface area contributed by atoms with E-state index in [1.807, 2.05) is 56.3 Å². The van der Waals surface area contributed by atoms with E-state index >= 15 is 0 Å². The Balaban J connectivity index is 1.96. The van der Waals surface area contributed by atoms with Gasteiger partial charge < -0.3 is 9.73 Å². The second-order valence-corrected chi connectivity index (χ2v) is 6.41. The number of carbonyl (C=O) groups excluding carboxylic acids is 1. The first-order chi connectivity index (χ1) is 11.5. The van der Waals surface area contributed by atoms with Gasteiger partial charge in [0.1, 0.15) is 11.5 Å². The zero-order chi connectivity index (χ0) is 17.3. The topological polar surface area (TPSA) is 55.1 Å². The number of fused-ring (bicyclic) bond motifs is 1. The van der Waals surface area contributed by atoms with E-state index in [1.54, 1.807) is 0 Å². The molecule has 1 amide bonds. The highest BCUT2D eigenvalue weighted by atomic mass is 16.3. The van der Waals surface area contributed by atoms with Gasteiger partial charge in [0.15, 0.2) is 0 Å². The number of aromatic nitrogens is 1. The molecule has 0 saturated heterocycles. The highest BCUT2D eigenvalue weighted by Gasteiger charge is 2.18. The molecule has 1 atom stereocenters. The molecule has 0 aliphatic carbocycles. The number of benzene rings is 1. The predicted molar refractivity (Wildman–Crippen MR) is 95.2 cm³/mol. The number of amides is 1. The summed E-state index contributed by atoms with van der Waals surface area (Å²) in [5.74, 6) is 1.73. The number of pyridine rings is 1. The van der Waals surface area contributed by atoms with Crippen molar-refractivity contribution < 1.29 is 9.21 Å². The molecular formula is C20H22N2O2. The Bertz CT molecular complexity index is 880. The van der Waals surface area contributed by atoms with Crippen LogP contribution in [0.4, 0.5) is 0 Å². The normalized spacial score (nSPS) is 12.5. The van der Waals surface area contributed by atoms with E-state index in [4.69, 9.17) is 4.42 Å². The van der Waals surface area contributed by atoms with E-state index in [-0.39, 0.29) is 17.9 Å². The van der Waals surface area contributed by atoms with Gasteiger partial charge >= 0.3 is 0 Å². The maximum atomic E-state index is 12.8. The van der Waals surface area contributed by atoms with Gasteiger partial charge in [-0.05, 0) is 44.0 Å². The van der Waals surface area contributed by atoms with Crippen LogP contribution >= 0.6 is 0 Å². The molecule has 24 heavy (non-hydrogen) atoms. The summed E-state index contributed by atoms with van der Waals surface area (Å²) in [6.07, 6.45) is 0. The molecule has 1 aromatic carbocycles. The fourth-order valence-electron chi connectivity index (χ4n) is 2.71. The number of hydrogen-bond acceptors (Lipinski definition) is 3. The Morgan fingerprint density at radius 1 is 1.12 bits per heavy atom. The molecule has 1 N–H and O–H groups in total. The molecular weight excluding hydrogens is 300 g/mol. The van der Waals surface area contributed by atoms with E-state index in [0.717, 1.165) is 28.1 Å². The van der Waals surface area contributed by atoms with E-state index in [2.05, 4.69) is 24.1 Å². The lowest BCUT2D eigenvalue weighted by Gasteiger charge is -2.15. The summed E-state index contributed by atoms with van der Waals surface area (Å²) >= 11 is 0. The molecule has 1 unspecified atom stereocenters. The van der Waals surface area contributed by atoms with Gasteiger partial charge in [-0.3, -0.25) is 9.78 Å². The third-order valence-electron chi connectivity index (χ3n) is 4.11. The Kier molecular flexibility index (Phi) is 4.38. The molecule has 3 aromatic rings. The minimum Gasteiger partial charge on any atom is -0.464 e. The first-order valence-corrected chi connectivity index (χ1v) is 8.22. The summed E-state index contributed by atoms with van der Waals surface area (Å²) in [5, 5.41) is 3.89. The predicted octanol–water partition coefficient (Wildman–Crippen LogP) is 4.75. The summed E-state index contributed by atoms with van der Waals surface area (Å²) < 4.78 is 5.60. The maximum Gasteiger partial charge on any atom is 0.252 e. The van der Waals surface area contributed by atoms with Gasteiger partial charge in [0.2, 0.25) is 0 Å². The van der Waals surface area contributed by atoms with Crippen molar-refractivity contribution in [2.24, 2.45) is 0 Å². The SMILES string of the molecule is Cc1ccc(C(C)NC(=O)c2cc(C(C)C)nc3ccccc23)o1. The molecule has 4 heteroatoms. The lowest BCUT2D eigenvalue weighted by atomic mass is 10.0. The van der Waals surface area contributed by atoms with Crippen molar-refractivity contribution in [3.8, 4) is 0 Å². The minimum absolute atomic E-state index is 0.114. The highest BCUT2D eigenvalue weighted by molar-refractivity contribution is 6.06. The summed E-state index contributed by atoms with van der Waals surface area (Å²) in [6, 6.07) is 13.2. The zero-order valence-electron chi connectivity index (χ0n) is 14.5. The van der Waals surface area contributed by atoms with Gasteiger partial charge in [0.05, 0.1) is 17.1 Å². The largest absolute Gasteiger partial charge is 0.464 e. The summed E-state index contributed by atoms with van der Waals surface area (Å²) in [7, 11) is 0. The highest BCUT2D eigenvalue weighted by Crippen LogP contribution is 2.23.